The van der Waals surface area contributed by atoms with Gasteiger partial charge in [-0.3, -0.25) is 9.69 Å². The average molecular weight is 296 g/mol. The SMILES string of the molecule is CCOC(=O)N(/C(=C\C=O)C(C)=N)C1CCOC(CC)C1. The number of ether oxygens (including phenoxy) is 2. The van der Waals surface area contributed by atoms with Crippen LogP contribution in [-0.2, 0) is 14.3 Å². The molecule has 0 aromatic rings. The standard InChI is InChI=1S/C15H24N2O4/c1-4-13-10-12(7-9-21-13)17(15(19)20-5-2)14(6-8-18)11(3)16/h6,8,12-13,16H,4-5,7,9-10H2,1-3H3/b14-6-,16-11?. The Balaban J connectivity index is 3.06. The van der Waals surface area contributed by atoms with E-state index in [1.54, 1.807) is 13.8 Å². The molecular formula is C15H24N2O4. The van der Waals surface area contributed by atoms with Crippen molar-refractivity contribution in [2.45, 2.75) is 52.2 Å². The van der Waals surface area contributed by atoms with Gasteiger partial charge in [-0.2, -0.15) is 0 Å². The molecule has 1 saturated heterocycles. The van der Waals surface area contributed by atoms with Gasteiger partial charge in [-0.25, -0.2) is 4.79 Å². The fraction of sp³-hybridized carbons (Fsp3) is 0.667. The van der Waals surface area contributed by atoms with Crippen LogP contribution in [0, 0.1) is 5.41 Å². The molecule has 2 atom stereocenters. The molecule has 0 aromatic carbocycles. The second-order valence-electron chi connectivity index (χ2n) is 4.96. The lowest BCUT2D eigenvalue weighted by molar-refractivity contribution is -0.104. The van der Waals surface area contributed by atoms with Crippen molar-refractivity contribution < 1.29 is 19.1 Å². The van der Waals surface area contributed by atoms with Crippen LogP contribution < -0.4 is 0 Å². The van der Waals surface area contributed by atoms with Crippen molar-refractivity contribution in [2.24, 2.45) is 0 Å². The minimum atomic E-state index is -0.515. The summed E-state index contributed by atoms with van der Waals surface area (Å²) in [5.41, 5.74) is 0.458. The lowest BCUT2D eigenvalue weighted by Gasteiger charge is -2.37. The van der Waals surface area contributed by atoms with Crippen molar-refractivity contribution in [3.8, 4) is 0 Å². The van der Waals surface area contributed by atoms with E-state index in [1.165, 1.54) is 11.0 Å². The fourth-order valence-electron chi connectivity index (χ4n) is 2.47. The molecular weight excluding hydrogens is 272 g/mol. The van der Waals surface area contributed by atoms with Crippen molar-refractivity contribution in [3.05, 3.63) is 11.8 Å². The van der Waals surface area contributed by atoms with Gasteiger partial charge in [-0.05, 0) is 33.1 Å². The van der Waals surface area contributed by atoms with E-state index >= 15 is 0 Å². The van der Waals surface area contributed by atoms with Crippen LogP contribution in [0.4, 0.5) is 4.79 Å². The van der Waals surface area contributed by atoms with Crippen molar-refractivity contribution in [1.29, 1.82) is 5.41 Å². The number of rotatable bonds is 6. The summed E-state index contributed by atoms with van der Waals surface area (Å²) in [6, 6.07) is -0.116. The van der Waals surface area contributed by atoms with E-state index in [2.05, 4.69) is 0 Å². The summed E-state index contributed by atoms with van der Waals surface area (Å²) < 4.78 is 10.7. The van der Waals surface area contributed by atoms with Crippen molar-refractivity contribution in [3.63, 3.8) is 0 Å². The highest BCUT2D eigenvalue weighted by molar-refractivity contribution is 6.00. The van der Waals surface area contributed by atoms with Gasteiger partial charge in [0.25, 0.3) is 0 Å². The van der Waals surface area contributed by atoms with Crippen LogP contribution in [0.25, 0.3) is 0 Å². The van der Waals surface area contributed by atoms with Gasteiger partial charge < -0.3 is 14.9 Å². The third-order valence-electron chi connectivity index (χ3n) is 3.49. The minimum absolute atomic E-state index is 0.0872. The number of carbonyl (C=O) groups is 2. The molecule has 0 aromatic heterocycles. The molecule has 1 aliphatic rings. The molecule has 21 heavy (non-hydrogen) atoms. The van der Waals surface area contributed by atoms with Crippen LogP contribution >= 0.6 is 0 Å². The normalized spacial score (nSPS) is 22.5. The second kappa shape index (κ2) is 8.56. The highest BCUT2D eigenvalue weighted by Gasteiger charge is 2.33. The summed E-state index contributed by atoms with van der Waals surface area (Å²) in [6.07, 6.45) is 3.62. The number of nitrogens with zero attached hydrogens (tertiary/aromatic N) is 1. The maximum atomic E-state index is 12.3. The van der Waals surface area contributed by atoms with E-state index in [0.717, 1.165) is 6.42 Å². The van der Waals surface area contributed by atoms with Gasteiger partial charge in [-0.15, -0.1) is 0 Å². The van der Waals surface area contributed by atoms with Gasteiger partial charge in [0, 0.05) is 18.7 Å². The Morgan fingerprint density at radius 1 is 1.48 bits per heavy atom. The summed E-state index contributed by atoms with van der Waals surface area (Å²) in [6.45, 7) is 6.13. The third-order valence-corrected chi connectivity index (χ3v) is 3.49. The summed E-state index contributed by atoms with van der Waals surface area (Å²) in [5.74, 6) is 0. The zero-order valence-corrected chi connectivity index (χ0v) is 12.9. The molecule has 2 unspecified atom stereocenters. The molecule has 1 fully saturated rings. The first-order chi connectivity index (χ1) is 10.0. The maximum Gasteiger partial charge on any atom is 0.414 e. The van der Waals surface area contributed by atoms with E-state index in [-0.39, 0.29) is 24.5 Å². The van der Waals surface area contributed by atoms with Crippen LogP contribution in [0.3, 0.4) is 0 Å². The van der Waals surface area contributed by atoms with E-state index in [9.17, 15) is 9.59 Å². The summed E-state index contributed by atoms with van der Waals surface area (Å²) in [7, 11) is 0. The predicted octanol–water partition coefficient (Wildman–Crippen LogP) is 2.52. The summed E-state index contributed by atoms with van der Waals surface area (Å²) in [5, 5.41) is 7.82. The third kappa shape index (κ3) is 4.67. The van der Waals surface area contributed by atoms with Crippen LogP contribution in [0.1, 0.15) is 40.0 Å². The number of amides is 1. The zero-order valence-electron chi connectivity index (χ0n) is 12.9. The summed E-state index contributed by atoms with van der Waals surface area (Å²) in [4.78, 5) is 24.5. The maximum absolute atomic E-state index is 12.3. The van der Waals surface area contributed by atoms with Crippen molar-refractivity contribution >= 4 is 18.1 Å². The van der Waals surface area contributed by atoms with E-state index in [4.69, 9.17) is 14.9 Å². The number of carbonyl (C=O) groups excluding carboxylic acids is 2. The first-order valence-electron chi connectivity index (χ1n) is 7.33. The zero-order chi connectivity index (χ0) is 15.8. The average Bonchev–Trinajstić information content (AvgIpc) is 2.47. The van der Waals surface area contributed by atoms with E-state index in [0.29, 0.717) is 31.4 Å². The molecule has 1 rings (SSSR count). The van der Waals surface area contributed by atoms with Crippen LogP contribution in [-0.4, -0.2) is 48.4 Å². The number of allylic oxidation sites excluding steroid dienone is 2. The highest BCUT2D eigenvalue weighted by atomic mass is 16.6. The van der Waals surface area contributed by atoms with Gasteiger partial charge in [0.15, 0.2) is 0 Å². The lowest BCUT2D eigenvalue weighted by atomic mass is 9.99. The Labute approximate surface area is 125 Å². The molecule has 6 heteroatoms. The van der Waals surface area contributed by atoms with Crippen LogP contribution in [0.5, 0.6) is 0 Å². The lowest BCUT2D eigenvalue weighted by Crippen LogP contribution is -2.46. The van der Waals surface area contributed by atoms with E-state index < -0.39 is 6.09 Å². The number of nitrogens with one attached hydrogen (secondary N) is 1. The quantitative estimate of drug-likeness (QED) is 0.464. The first kappa shape index (κ1) is 17.4. The van der Waals surface area contributed by atoms with Gasteiger partial charge in [0.2, 0.25) is 0 Å². The monoisotopic (exact) mass is 296 g/mol. The Bertz CT molecular complexity index is 420. The fourth-order valence-corrected chi connectivity index (χ4v) is 2.47. The molecule has 0 radical (unpaired) electrons. The van der Waals surface area contributed by atoms with Crippen molar-refractivity contribution in [2.75, 3.05) is 13.2 Å². The number of hydrogen-bond acceptors (Lipinski definition) is 5. The second-order valence-corrected chi connectivity index (χ2v) is 4.96. The van der Waals surface area contributed by atoms with Gasteiger partial charge in [0.05, 0.1) is 24.1 Å². The molecule has 0 aliphatic carbocycles. The van der Waals surface area contributed by atoms with Crippen LogP contribution in [0.15, 0.2) is 11.8 Å². The molecule has 6 nitrogen and oxygen atoms in total. The molecule has 0 saturated carbocycles. The first-order valence-corrected chi connectivity index (χ1v) is 7.33. The number of aldehydes is 1. The molecule has 1 amide bonds. The smallest absolute Gasteiger partial charge is 0.414 e. The van der Waals surface area contributed by atoms with Gasteiger partial charge in [0.1, 0.15) is 6.29 Å². The van der Waals surface area contributed by atoms with E-state index in [1.807, 2.05) is 6.92 Å². The topological polar surface area (TPSA) is 79.7 Å². The Morgan fingerprint density at radius 2 is 2.19 bits per heavy atom. The molecule has 1 N–H and O–H groups in total. The van der Waals surface area contributed by atoms with Crippen LogP contribution in [0.2, 0.25) is 0 Å². The predicted molar refractivity (Wildman–Crippen MR) is 79.5 cm³/mol. The number of hydrogen-bond donors (Lipinski definition) is 1. The van der Waals surface area contributed by atoms with Gasteiger partial charge >= 0.3 is 6.09 Å². The highest BCUT2D eigenvalue weighted by Crippen LogP contribution is 2.25. The molecule has 0 bridgehead atoms. The molecule has 0 spiro atoms. The molecule has 1 heterocycles. The van der Waals surface area contributed by atoms with Gasteiger partial charge in [-0.1, -0.05) is 6.92 Å². The Hall–Kier alpha value is -1.69. The van der Waals surface area contributed by atoms with Crippen molar-refractivity contribution in [1.82, 2.24) is 4.90 Å². The largest absolute Gasteiger partial charge is 0.449 e. The Morgan fingerprint density at radius 3 is 2.71 bits per heavy atom. The Kier molecular flexibility index (Phi) is 7.08. The summed E-state index contributed by atoms with van der Waals surface area (Å²) >= 11 is 0. The molecule has 118 valence electrons. The molecule has 1 aliphatic heterocycles. The minimum Gasteiger partial charge on any atom is -0.449 e.